The third-order valence-electron chi connectivity index (χ3n) is 6.07. The fraction of sp³-hybridized carbons (Fsp3) is 0.588. The Kier molecular flexibility index (Phi) is 3.57. The highest BCUT2D eigenvalue weighted by atomic mass is 32.2. The van der Waals surface area contributed by atoms with Crippen LogP contribution in [0.2, 0.25) is 0 Å². The van der Waals surface area contributed by atoms with Crippen LogP contribution in [-0.4, -0.2) is 26.9 Å². The van der Waals surface area contributed by atoms with Crippen LogP contribution in [0.25, 0.3) is 0 Å². The summed E-state index contributed by atoms with van der Waals surface area (Å²) >= 11 is 0. The molecule has 21 heavy (non-hydrogen) atoms. The van der Waals surface area contributed by atoms with Crippen LogP contribution in [0.3, 0.4) is 0 Å². The highest BCUT2D eigenvalue weighted by Crippen LogP contribution is 2.66. The minimum Gasteiger partial charge on any atom is -0.391 e. The average Bonchev–Trinajstić information content (AvgIpc) is 2.78. The van der Waals surface area contributed by atoms with Gasteiger partial charge >= 0.3 is 0 Å². The fourth-order valence-electron chi connectivity index (χ4n) is 4.22. The van der Waals surface area contributed by atoms with E-state index in [0.717, 1.165) is 18.4 Å². The number of hydrogen-bond donors (Lipinski definition) is 1. The second-order valence-electron chi connectivity index (χ2n) is 7.12. The predicted molar refractivity (Wildman–Crippen MR) is 86.6 cm³/mol. The van der Waals surface area contributed by atoms with Crippen molar-refractivity contribution in [3.8, 4) is 0 Å². The van der Waals surface area contributed by atoms with Gasteiger partial charge in [0.2, 0.25) is 0 Å². The molecule has 4 heteroatoms. The van der Waals surface area contributed by atoms with E-state index in [1.54, 1.807) is 6.21 Å². The van der Waals surface area contributed by atoms with Crippen molar-refractivity contribution in [3.05, 3.63) is 35.9 Å². The summed E-state index contributed by atoms with van der Waals surface area (Å²) in [7, 11) is -1.38. The molecule has 0 spiro atoms. The molecule has 0 heterocycles. The van der Waals surface area contributed by atoms with Gasteiger partial charge in [0.15, 0.2) is 0 Å². The Morgan fingerprint density at radius 1 is 1.29 bits per heavy atom. The first-order chi connectivity index (χ1) is 9.88. The van der Waals surface area contributed by atoms with E-state index in [1.165, 1.54) is 0 Å². The number of aliphatic hydroxyl groups is 1. The molecule has 114 valence electrons. The van der Waals surface area contributed by atoms with Crippen LogP contribution in [0, 0.1) is 16.7 Å². The predicted octanol–water partition coefficient (Wildman–Crippen LogP) is 2.95. The molecule has 2 saturated carbocycles. The lowest BCUT2D eigenvalue weighted by molar-refractivity contribution is 0.0144. The molecule has 2 aliphatic rings. The minimum atomic E-state index is -1.38. The van der Waals surface area contributed by atoms with Gasteiger partial charge in [0, 0.05) is 11.6 Å². The quantitative estimate of drug-likeness (QED) is 0.873. The van der Waals surface area contributed by atoms with Crippen LogP contribution in [0.15, 0.2) is 34.7 Å². The van der Waals surface area contributed by atoms with Gasteiger partial charge in [-0.1, -0.05) is 51.1 Å². The summed E-state index contributed by atoms with van der Waals surface area (Å²) in [5.74, 6) is 0.284. The van der Waals surface area contributed by atoms with Gasteiger partial charge in [-0.25, -0.2) is 4.21 Å². The monoisotopic (exact) mass is 305 g/mol. The molecule has 0 radical (unpaired) electrons. The first-order valence-electron chi connectivity index (χ1n) is 7.56. The summed E-state index contributed by atoms with van der Waals surface area (Å²) in [5, 5.41) is 10.4. The maximum Gasteiger partial charge on any atom is 0.145 e. The SMILES string of the molecule is CC1(C)[C@@H]2CC[C@@]1(C)[C@H](O)[C@@H]2[S@@](=O)/N=C/c1ccccc1. The Bertz CT molecular complexity index is 584. The van der Waals surface area contributed by atoms with Crippen LogP contribution >= 0.6 is 0 Å². The van der Waals surface area contributed by atoms with Crippen molar-refractivity contribution in [2.75, 3.05) is 0 Å². The highest BCUT2D eigenvalue weighted by Gasteiger charge is 2.67. The molecule has 0 amide bonds. The lowest BCUT2D eigenvalue weighted by atomic mass is 9.70. The van der Waals surface area contributed by atoms with Gasteiger partial charge in [0.05, 0.1) is 11.4 Å². The third-order valence-corrected chi connectivity index (χ3v) is 7.44. The Morgan fingerprint density at radius 3 is 2.52 bits per heavy atom. The van der Waals surface area contributed by atoms with E-state index in [0.29, 0.717) is 0 Å². The lowest BCUT2D eigenvalue weighted by Crippen LogP contribution is -2.41. The van der Waals surface area contributed by atoms with Crippen LogP contribution in [-0.2, 0) is 11.0 Å². The number of fused-ring (bicyclic) bond motifs is 2. The Labute approximate surface area is 129 Å². The summed E-state index contributed by atoms with van der Waals surface area (Å²) in [6.07, 6.45) is 3.18. The summed E-state index contributed by atoms with van der Waals surface area (Å²) in [4.78, 5) is 0. The van der Waals surface area contributed by atoms with E-state index >= 15 is 0 Å². The summed E-state index contributed by atoms with van der Waals surface area (Å²) in [6, 6.07) is 9.67. The van der Waals surface area contributed by atoms with Crippen molar-refractivity contribution in [1.82, 2.24) is 0 Å². The molecule has 3 nitrogen and oxygen atoms in total. The molecular weight excluding hydrogens is 282 g/mol. The molecule has 2 aliphatic carbocycles. The summed E-state index contributed by atoms with van der Waals surface area (Å²) in [5.41, 5.74) is 0.823. The molecule has 2 fully saturated rings. The Morgan fingerprint density at radius 2 is 1.95 bits per heavy atom. The zero-order valence-corrected chi connectivity index (χ0v) is 13.6. The van der Waals surface area contributed by atoms with Gasteiger partial charge in [-0.3, -0.25) is 0 Å². The lowest BCUT2D eigenvalue weighted by Gasteiger charge is -2.36. The first kappa shape index (κ1) is 14.9. The molecule has 0 aromatic heterocycles. The second kappa shape index (κ2) is 5.03. The number of nitrogens with zero attached hydrogens (tertiary/aromatic N) is 1. The van der Waals surface area contributed by atoms with Crippen LogP contribution in [0.1, 0.15) is 39.2 Å². The molecule has 2 bridgehead atoms. The molecular formula is C17H23NO2S. The molecule has 5 atom stereocenters. The minimum absolute atomic E-state index is 0.0228. The van der Waals surface area contributed by atoms with Gasteiger partial charge in [-0.2, -0.15) is 4.40 Å². The van der Waals surface area contributed by atoms with Gasteiger partial charge in [0.1, 0.15) is 11.0 Å². The third kappa shape index (κ3) is 2.11. The van der Waals surface area contributed by atoms with Crippen molar-refractivity contribution < 1.29 is 9.32 Å². The smallest absolute Gasteiger partial charge is 0.145 e. The Balaban J connectivity index is 1.82. The van der Waals surface area contributed by atoms with Crippen molar-refractivity contribution in [3.63, 3.8) is 0 Å². The van der Waals surface area contributed by atoms with Crippen molar-refractivity contribution in [2.45, 2.75) is 45.0 Å². The molecule has 0 saturated heterocycles. The largest absolute Gasteiger partial charge is 0.391 e. The van der Waals surface area contributed by atoms with Crippen LogP contribution in [0.5, 0.6) is 0 Å². The molecule has 0 aliphatic heterocycles. The summed E-state index contributed by atoms with van der Waals surface area (Å²) < 4.78 is 16.8. The fourth-order valence-corrected chi connectivity index (χ4v) is 5.87. The normalized spacial score (nSPS) is 39.0. The van der Waals surface area contributed by atoms with E-state index in [-0.39, 0.29) is 22.0 Å². The van der Waals surface area contributed by atoms with Gasteiger partial charge < -0.3 is 5.11 Å². The van der Waals surface area contributed by atoms with Crippen LogP contribution in [0.4, 0.5) is 0 Å². The number of aliphatic hydroxyl groups excluding tert-OH is 1. The van der Waals surface area contributed by atoms with Crippen molar-refractivity contribution in [2.24, 2.45) is 21.1 Å². The Hall–Kier alpha value is -1.00. The molecule has 0 unspecified atom stereocenters. The number of rotatable bonds is 3. The van der Waals surface area contributed by atoms with E-state index in [2.05, 4.69) is 25.2 Å². The number of hydrogen-bond acceptors (Lipinski definition) is 2. The summed E-state index contributed by atoms with van der Waals surface area (Å²) in [6.45, 7) is 6.54. The van der Waals surface area contributed by atoms with Gasteiger partial charge in [0.25, 0.3) is 0 Å². The van der Waals surface area contributed by atoms with Gasteiger partial charge in [-0.05, 0) is 29.7 Å². The zero-order chi connectivity index (χ0) is 15.3. The molecule has 1 aromatic rings. The van der Waals surface area contributed by atoms with E-state index < -0.39 is 17.1 Å². The van der Waals surface area contributed by atoms with E-state index in [4.69, 9.17) is 0 Å². The molecule has 1 N–H and O–H groups in total. The standard InChI is InChI=1S/C17H23NO2S/c1-16(2)13-9-10-17(16,3)15(19)14(13)21(20)18-11-12-7-5-4-6-8-12/h4-8,11,13-15,19H,9-10H2,1-3H3/b18-11+/t13-,14-,15-,17+,21-/m1/s1. The van der Waals surface area contributed by atoms with E-state index in [9.17, 15) is 9.32 Å². The van der Waals surface area contributed by atoms with Crippen molar-refractivity contribution >= 4 is 17.2 Å². The number of benzene rings is 1. The second-order valence-corrected chi connectivity index (χ2v) is 8.42. The van der Waals surface area contributed by atoms with Crippen LogP contribution < -0.4 is 0 Å². The maximum atomic E-state index is 12.6. The molecule has 1 aromatic carbocycles. The van der Waals surface area contributed by atoms with Crippen molar-refractivity contribution in [1.29, 1.82) is 0 Å². The van der Waals surface area contributed by atoms with Gasteiger partial charge in [-0.15, -0.1) is 0 Å². The first-order valence-corrected chi connectivity index (χ1v) is 8.73. The molecule has 3 rings (SSSR count). The zero-order valence-electron chi connectivity index (χ0n) is 12.8. The van der Waals surface area contributed by atoms with E-state index in [1.807, 2.05) is 30.3 Å². The highest BCUT2D eigenvalue weighted by molar-refractivity contribution is 7.84. The maximum absolute atomic E-state index is 12.6. The topological polar surface area (TPSA) is 49.7 Å². The average molecular weight is 305 g/mol.